The summed E-state index contributed by atoms with van der Waals surface area (Å²) in [5.74, 6) is -0.899. The predicted octanol–water partition coefficient (Wildman–Crippen LogP) is 4.62. The third kappa shape index (κ3) is 7.44. The van der Waals surface area contributed by atoms with Gasteiger partial charge in [-0.2, -0.15) is 0 Å². The molecule has 34 heavy (non-hydrogen) atoms. The van der Waals surface area contributed by atoms with Crippen LogP contribution in [0, 0.1) is 11.7 Å². The van der Waals surface area contributed by atoms with E-state index >= 15 is 0 Å². The van der Waals surface area contributed by atoms with E-state index in [0.717, 1.165) is 11.1 Å². The highest BCUT2D eigenvalue weighted by molar-refractivity contribution is 5.88. The summed E-state index contributed by atoms with van der Waals surface area (Å²) in [4.78, 5) is 28.2. The number of ether oxygens (including phenoxy) is 1. The van der Waals surface area contributed by atoms with Gasteiger partial charge in [0.25, 0.3) is 5.91 Å². The van der Waals surface area contributed by atoms with Crippen molar-refractivity contribution in [1.29, 1.82) is 0 Å². The van der Waals surface area contributed by atoms with Crippen LogP contribution in [0.3, 0.4) is 0 Å². The van der Waals surface area contributed by atoms with Gasteiger partial charge in [0.05, 0.1) is 0 Å². The van der Waals surface area contributed by atoms with E-state index in [-0.39, 0.29) is 30.7 Å². The number of benzene rings is 3. The van der Waals surface area contributed by atoms with Gasteiger partial charge in [-0.3, -0.25) is 9.59 Å². The van der Waals surface area contributed by atoms with Crippen LogP contribution in [-0.4, -0.2) is 35.9 Å². The van der Waals surface area contributed by atoms with E-state index in [0.29, 0.717) is 13.0 Å². The van der Waals surface area contributed by atoms with Crippen LogP contribution < -0.4 is 10.1 Å². The SMILES string of the molecule is CC(C)CNC(=O)[C@H](Cc1ccccc1)N(Cc1ccccc1)C(=O)COc1ccccc1F. The average Bonchev–Trinajstić information content (AvgIpc) is 2.85. The number of para-hydroxylation sites is 1. The second-order valence-electron chi connectivity index (χ2n) is 8.57. The maximum atomic E-state index is 14.0. The molecule has 0 radical (unpaired) electrons. The summed E-state index contributed by atoms with van der Waals surface area (Å²) < 4.78 is 19.5. The third-order valence-corrected chi connectivity index (χ3v) is 5.34. The Bertz CT molecular complexity index is 1060. The molecular weight excluding hydrogens is 431 g/mol. The highest BCUT2D eigenvalue weighted by Gasteiger charge is 2.30. The van der Waals surface area contributed by atoms with Crippen LogP contribution in [0.4, 0.5) is 4.39 Å². The largest absolute Gasteiger partial charge is 0.481 e. The van der Waals surface area contributed by atoms with E-state index in [4.69, 9.17) is 4.74 Å². The molecule has 3 aromatic carbocycles. The molecule has 0 saturated heterocycles. The maximum absolute atomic E-state index is 14.0. The molecule has 6 heteroatoms. The Hall–Kier alpha value is -3.67. The normalized spacial score (nSPS) is 11.6. The van der Waals surface area contributed by atoms with Crippen molar-refractivity contribution in [3.8, 4) is 5.75 Å². The maximum Gasteiger partial charge on any atom is 0.261 e. The summed E-state index contributed by atoms with van der Waals surface area (Å²) in [6.07, 6.45) is 0.350. The third-order valence-electron chi connectivity index (χ3n) is 5.34. The van der Waals surface area contributed by atoms with Crippen molar-refractivity contribution >= 4 is 11.8 Å². The van der Waals surface area contributed by atoms with Crippen molar-refractivity contribution in [3.63, 3.8) is 0 Å². The van der Waals surface area contributed by atoms with Crippen LogP contribution in [0.1, 0.15) is 25.0 Å². The van der Waals surface area contributed by atoms with Crippen molar-refractivity contribution in [2.75, 3.05) is 13.2 Å². The molecule has 3 aromatic rings. The van der Waals surface area contributed by atoms with E-state index in [1.54, 1.807) is 12.1 Å². The number of carbonyl (C=O) groups excluding carboxylic acids is 2. The summed E-state index contributed by atoms with van der Waals surface area (Å²) in [6.45, 7) is 4.38. The number of amides is 2. The van der Waals surface area contributed by atoms with Crippen LogP contribution in [0.2, 0.25) is 0 Å². The van der Waals surface area contributed by atoms with Gasteiger partial charge in [-0.1, -0.05) is 86.6 Å². The molecule has 2 amide bonds. The molecule has 3 rings (SSSR count). The smallest absolute Gasteiger partial charge is 0.261 e. The molecule has 0 unspecified atom stereocenters. The van der Waals surface area contributed by atoms with Crippen molar-refractivity contribution in [2.45, 2.75) is 32.9 Å². The fourth-order valence-corrected chi connectivity index (χ4v) is 3.54. The Balaban J connectivity index is 1.88. The van der Waals surface area contributed by atoms with Gasteiger partial charge in [0, 0.05) is 19.5 Å². The summed E-state index contributed by atoms with van der Waals surface area (Å²) in [5, 5.41) is 2.97. The van der Waals surface area contributed by atoms with E-state index in [9.17, 15) is 14.0 Å². The Morgan fingerprint density at radius 3 is 2.09 bits per heavy atom. The number of halogens is 1. The number of rotatable bonds is 11. The minimum absolute atomic E-state index is 0.000574. The van der Waals surface area contributed by atoms with Crippen molar-refractivity contribution < 1.29 is 18.7 Å². The Labute approximate surface area is 200 Å². The van der Waals surface area contributed by atoms with Crippen LogP contribution in [0.25, 0.3) is 0 Å². The molecule has 0 aromatic heterocycles. The number of hydrogen-bond donors (Lipinski definition) is 1. The molecular formula is C28H31FN2O3. The number of nitrogens with zero attached hydrogens (tertiary/aromatic N) is 1. The minimum atomic E-state index is -0.752. The number of nitrogens with one attached hydrogen (secondary N) is 1. The zero-order chi connectivity index (χ0) is 24.3. The molecule has 0 aliphatic rings. The molecule has 0 aliphatic heterocycles. The molecule has 0 saturated carbocycles. The standard InChI is InChI=1S/C28H31FN2O3/c1-21(2)18-30-28(33)25(17-22-11-5-3-6-12-22)31(19-23-13-7-4-8-14-23)27(32)20-34-26-16-10-9-15-24(26)29/h3-16,21,25H,17-20H2,1-2H3,(H,30,33)/t25-/m0/s1. The van der Waals surface area contributed by atoms with Crippen LogP contribution >= 0.6 is 0 Å². The topological polar surface area (TPSA) is 58.6 Å². The van der Waals surface area contributed by atoms with Crippen molar-refractivity contribution in [1.82, 2.24) is 10.2 Å². The molecule has 0 spiro atoms. The average molecular weight is 463 g/mol. The Kier molecular flexibility index (Phi) is 9.21. The van der Waals surface area contributed by atoms with Gasteiger partial charge in [0.15, 0.2) is 18.2 Å². The highest BCUT2D eigenvalue weighted by atomic mass is 19.1. The molecule has 0 heterocycles. The summed E-state index contributed by atoms with van der Waals surface area (Å²) in [7, 11) is 0. The molecule has 1 N–H and O–H groups in total. The fourth-order valence-electron chi connectivity index (χ4n) is 3.54. The lowest BCUT2D eigenvalue weighted by atomic mass is 10.0. The first kappa shape index (κ1) is 25.0. The lowest BCUT2D eigenvalue weighted by molar-refractivity contribution is -0.142. The van der Waals surface area contributed by atoms with E-state index in [1.165, 1.54) is 17.0 Å². The van der Waals surface area contributed by atoms with Gasteiger partial charge < -0.3 is 15.0 Å². The monoisotopic (exact) mass is 462 g/mol. The van der Waals surface area contributed by atoms with Gasteiger partial charge in [0.2, 0.25) is 5.91 Å². The summed E-state index contributed by atoms with van der Waals surface area (Å²) in [5.41, 5.74) is 1.82. The van der Waals surface area contributed by atoms with E-state index < -0.39 is 17.8 Å². The quantitative estimate of drug-likeness (QED) is 0.453. The minimum Gasteiger partial charge on any atom is -0.481 e. The van der Waals surface area contributed by atoms with Crippen LogP contribution in [0.15, 0.2) is 84.9 Å². The van der Waals surface area contributed by atoms with E-state index in [2.05, 4.69) is 5.32 Å². The van der Waals surface area contributed by atoms with Gasteiger partial charge in [-0.05, 0) is 29.2 Å². The van der Waals surface area contributed by atoms with Crippen molar-refractivity contribution in [3.05, 3.63) is 102 Å². The molecule has 1 atom stereocenters. The second-order valence-corrected chi connectivity index (χ2v) is 8.57. The molecule has 0 aliphatic carbocycles. The summed E-state index contributed by atoms with van der Waals surface area (Å²) >= 11 is 0. The summed E-state index contributed by atoms with van der Waals surface area (Å²) in [6, 6.07) is 24.3. The molecule has 5 nitrogen and oxygen atoms in total. The van der Waals surface area contributed by atoms with Gasteiger partial charge in [0.1, 0.15) is 6.04 Å². The zero-order valence-electron chi connectivity index (χ0n) is 19.6. The first-order valence-corrected chi connectivity index (χ1v) is 11.5. The lowest BCUT2D eigenvalue weighted by Gasteiger charge is -2.31. The fraction of sp³-hybridized carbons (Fsp3) is 0.286. The zero-order valence-corrected chi connectivity index (χ0v) is 19.6. The van der Waals surface area contributed by atoms with Crippen LogP contribution in [-0.2, 0) is 22.6 Å². The van der Waals surface area contributed by atoms with Crippen molar-refractivity contribution in [2.24, 2.45) is 5.92 Å². The number of carbonyl (C=O) groups is 2. The van der Waals surface area contributed by atoms with Gasteiger partial charge >= 0.3 is 0 Å². The molecule has 178 valence electrons. The van der Waals surface area contributed by atoms with Gasteiger partial charge in [-0.25, -0.2) is 4.39 Å². The first-order valence-electron chi connectivity index (χ1n) is 11.5. The first-order chi connectivity index (χ1) is 16.4. The van der Waals surface area contributed by atoms with Crippen LogP contribution in [0.5, 0.6) is 5.75 Å². The Morgan fingerprint density at radius 1 is 0.882 bits per heavy atom. The highest BCUT2D eigenvalue weighted by Crippen LogP contribution is 2.18. The van der Waals surface area contributed by atoms with Gasteiger partial charge in [-0.15, -0.1) is 0 Å². The second kappa shape index (κ2) is 12.5. The Morgan fingerprint density at radius 2 is 1.47 bits per heavy atom. The number of hydrogen-bond acceptors (Lipinski definition) is 3. The lowest BCUT2D eigenvalue weighted by Crippen LogP contribution is -2.52. The molecule has 0 fully saturated rings. The molecule has 0 bridgehead atoms. The van der Waals surface area contributed by atoms with E-state index in [1.807, 2.05) is 74.5 Å². The predicted molar refractivity (Wildman–Crippen MR) is 131 cm³/mol.